The SMILES string of the molecule is OC(OOC(O)c1ccccc1)c1ccccc1. The lowest BCUT2D eigenvalue weighted by Crippen LogP contribution is -2.09. The Bertz CT molecular complexity index is 412. The van der Waals surface area contributed by atoms with Crippen LogP contribution in [0.3, 0.4) is 0 Å². The van der Waals surface area contributed by atoms with Gasteiger partial charge in [0.25, 0.3) is 0 Å². The highest BCUT2D eigenvalue weighted by Crippen LogP contribution is 2.19. The Balaban J connectivity index is 1.89. The lowest BCUT2D eigenvalue weighted by molar-refractivity contribution is -0.431. The van der Waals surface area contributed by atoms with Crippen molar-refractivity contribution in [3.8, 4) is 0 Å². The van der Waals surface area contributed by atoms with Crippen LogP contribution < -0.4 is 0 Å². The third-order valence-electron chi connectivity index (χ3n) is 2.41. The molecule has 0 fully saturated rings. The van der Waals surface area contributed by atoms with Crippen molar-refractivity contribution in [2.45, 2.75) is 12.6 Å². The van der Waals surface area contributed by atoms with Gasteiger partial charge in [0.2, 0.25) is 12.6 Å². The van der Waals surface area contributed by atoms with E-state index in [4.69, 9.17) is 9.78 Å². The molecule has 0 saturated carbocycles. The topological polar surface area (TPSA) is 58.9 Å². The molecule has 0 aliphatic heterocycles. The van der Waals surface area contributed by atoms with E-state index in [1.54, 1.807) is 48.5 Å². The summed E-state index contributed by atoms with van der Waals surface area (Å²) in [5.74, 6) is 0. The van der Waals surface area contributed by atoms with Crippen LogP contribution >= 0.6 is 0 Å². The second-order valence-electron chi connectivity index (χ2n) is 3.72. The number of hydrogen-bond acceptors (Lipinski definition) is 4. The Morgan fingerprint density at radius 1 is 0.611 bits per heavy atom. The maximum absolute atomic E-state index is 9.66. The molecular formula is C14H14O4. The van der Waals surface area contributed by atoms with Crippen molar-refractivity contribution >= 4 is 0 Å². The molecule has 18 heavy (non-hydrogen) atoms. The number of hydrogen-bond donors (Lipinski definition) is 2. The largest absolute Gasteiger partial charge is 0.362 e. The van der Waals surface area contributed by atoms with Gasteiger partial charge >= 0.3 is 0 Å². The van der Waals surface area contributed by atoms with Gasteiger partial charge in [0.15, 0.2) is 0 Å². The molecule has 2 N–H and O–H groups in total. The van der Waals surface area contributed by atoms with Gasteiger partial charge in [-0.15, -0.1) is 0 Å². The van der Waals surface area contributed by atoms with E-state index in [0.29, 0.717) is 11.1 Å². The summed E-state index contributed by atoms with van der Waals surface area (Å²) in [6.07, 6.45) is -2.46. The van der Waals surface area contributed by atoms with Crippen LogP contribution in [-0.2, 0) is 9.78 Å². The molecule has 0 amide bonds. The van der Waals surface area contributed by atoms with Crippen LogP contribution in [0.2, 0.25) is 0 Å². The predicted octanol–water partition coefficient (Wildman–Crippen LogP) is 2.32. The van der Waals surface area contributed by atoms with Crippen LogP contribution in [0.15, 0.2) is 60.7 Å². The summed E-state index contributed by atoms with van der Waals surface area (Å²) < 4.78 is 0. The van der Waals surface area contributed by atoms with Crippen molar-refractivity contribution in [1.82, 2.24) is 0 Å². The summed E-state index contributed by atoms with van der Waals surface area (Å²) in [6, 6.07) is 17.5. The number of aliphatic hydroxyl groups is 2. The second-order valence-corrected chi connectivity index (χ2v) is 3.72. The highest BCUT2D eigenvalue weighted by Gasteiger charge is 2.13. The van der Waals surface area contributed by atoms with Gasteiger partial charge in [-0.1, -0.05) is 60.7 Å². The fourth-order valence-corrected chi connectivity index (χ4v) is 1.45. The Morgan fingerprint density at radius 2 is 0.944 bits per heavy atom. The molecule has 0 aliphatic carbocycles. The summed E-state index contributed by atoms with van der Waals surface area (Å²) in [5, 5.41) is 19.3. The monoisotopic (exact) mass is 246 g/mol. The normalized spacial score (nSPS) is 14.1. The molecule has 0 spiro atoms. The van der Waals surface area contributed by atoms with E-state index in [2.05, 4.69) is 0 Å². The molecule has 0 heterocycles. The van der Waals surface area contributed by atoms with Gasteiger partial charge in [-0.2, -0.15) is 9.78 Å². The highest BCUT2D eigenvalue weighted by atomic mass is 17.2. The summed E-state index contributed by atoms with van der Waals surface area (Å²) in [5.41, 5.74) is 1.11. The van der Waals surface area contributed by atoms with Gasteiger partial charge in [-0.05, 0) is 0 Å². The lowest BCUT2D eigenvalue weighted by Gasteiger charge is -2.14. The first kappa shape index (κ1) is 12.7. The summed E-state index contributed by atoms with van der Waals surface area (Å²) in [7, 11) is 0. The van der Waals surface area contributed by atoms with Crippen molar-refractivity contribution in [3.63, 3.8) is 0 Å². The number of benzene rings is 2. The average Bonchev–Trinajstić information content (AvgIpc) is 2.46. The first-order chi connectivity index (χ1) is 8.77. The van der Waals surface area contributed by atoms with Crippen LogP contribution in [-0.4, -0.2) is 10.2 Å². The molecule has 2 aromatic rings. The fourth-order valence-electron chi connectivity index (χ4n) is 1.45. The summed E-state index contributed by atoms with van der Waals surface area (Å²) in [6.45, 7) is 0. The van der Waals surface area contributed by atoms with Crippen LogP contribution in [0.5, 0.6) is 0 Å². The van der Waals surface area contributed by atoms with Gasteiger partial charge in [0.1, 0.15) is 0 Å². The van der Waals surface area contributed by atoms with Crippen molar-refractivity contribution in [2.75, 3.05) is 0 Å². The Kier molecular flexibility index (Phi) is 4.44. The third kappa shape index (κ3) is 3.38. The van der Waals surface area contributed by atoms with Crippen LogP contribution in [0.1, 0.15) is 23.7 Å². The van der Waals surface area contributed by atoms with E-state index in [1.165, 1.54) is 0 Å². The van der Waals surface area contributed by atoms with E-state index in [0.717, 1.165) is 0 Å². The maximum atomic E-state index is 9.66. The minimum atomic E-state index is -1.23. The molecule has 4 nitrogen and oxygen atoms in total. The Hall–Kier alpha value is -1.72. The standard InChI is InChI=1S/C14H14O4/c15-13(11-7-3-1-4-8-11)17-18-14(16)12-9-5-2-6-10-12/h1-10,13-16H. The van der Waals surface area contributed by atoms with Gasteiger partial charge in [0, 0.05) is 11.1 Å². The molecule has 0 saturated heterocycles. The van der Waals surface area contributed by atoms with E-state index in [1.807, 2.05) is 12.1 Å². The molecule has 2 aromatic carbocycles. The van der Waals surface area contributed by atoms with Crippen LogP contribution in [0, 0.1) is 0 Å². The van der Waals surface area contributed by atoms with E-state index >= 15 is 0 Å². The Morgan fingerprint density at radius 3 is 1.28 bits per heavy atom. The van der Waals surface area contributed by atoms with Crippen molar-refractivity contribution in [2.24, 2.45) is 0 Å². The second kappa shape index (κ2) is 6.28. The first-order valence-electron chi connectivity index (χ1n) is 5.55. The minimum Gasteiger partial charge on any atom is -0.362 e. The molecule has 0 radical (unpaired) electrons. The van der Waals surface area contributed by atoms with Gasteiger partial charge in [0.05, 0.1) is 0 Å². The van der Waals surface area contributed by atoms with E-state index in [9.17, 15) is 10.2 Å². The zero-order valence-electron chi connectivity index (χ0n) is 9.64. The van der Waals surface area contributed by atoms with E-state index < -0.39 is 12.6 Å². The smallest absolute Gasteiger partial charge is 0.215 e. The summed E-state index contributed by atoms with van der Waals surface area (Å²) >= 11 is 0. The van der Waals surface area contributed by atoms with E-state index in [-0.39, 0.29) is 0 Å². The molecule has 0 aliphatic rings. The molecule has 2 rings (SSSR count). The van der Waals surface area contributed by atoms with Gasteiger partial charge in [-0.25, -0.2) is 0 Å². The van der Waals surface area contributed by atoms with Crippen molar-refractivity contribution in [3.05, 3.63) is 71.8 Å². The van der Waals surface area contributed by atoms with Crippen molar-refractivity contribution in [1.29, 1.82) is 0 Å². The van der Waals surface area contributed by atoms with Crippen molar-refractivity contribution < 1.29 is 20.0 Å². The molecule has 2 unspecified atom stereocenters. The molecule has 4 heteroatoms. The molecule has 94 valence electrons. The average molecular weight is 246 g/mol. The van der Waals surface area contributed by atoms with Crippen LogP contribution in [0.4, 0.5) is 0 Å². The number of rotatable bonds is 5. The highest BCUT2D eigenvalue weighted by molar-refractivity contribution is 5.16. The van der Waals surface area contributed by atoms with Crippen LogP contribution in [0.25, 0.3) is 0 Å². The van der Waals surface area contributed by atoms with Gasteiger partial charge in [-0.3, -0.25) is 0 Å². The molecule has 0 bridgehead atoms. The third-order valence-corrected chi connectivity index (χ3v) is 2.41. The Labute approximate surface area is 105 Å². The first-order valence-corrected chi connectivity index (χ1v) is 5.55. The number of aliphatic hydroxyl groups excluding tert-OH is 2. The zero-order valence-corrected chi connectivity index (χ0v) is 9.64. The molecule has 2 atom stereocenters. The van der Waals surface area contributed by atoms with Gasteiger partial charge < -0.3 is 10.2 Å². The molecular weight excluding hydrogens is 232 g/mol. The quantitative estimate of drug-likeness (QED) is 0.483. The summed E-state index contributed by atoms with van der Waals surface area (Å²) in [4.78, 5) is 9.50. The fraction of sp³-hybridized carbons (Fsp3) is 0.143. The maximum Gasteiger partial charge on any atom is 0.215 e. The minimum absolute atomic E-state index is 0.553. The lowest BCUT2D eigenvalue weighted by atomic mass is 10.2. The predicted molar refractivity (Wildman–Crippen MR) is 65.0 cm³/mol. The zero-order chi connectivity index (χ0) is 12.8. The molecule has 0 aromatic heterocycles.